The molecule has 0 radical (unpaired) electrons. The Labute approximate surface area is 112 Å². The van der Waals surface area contributed by atoms with Gasteiger partial charge in [-0.15, -0.1) is 0 Å². The van der Waals surface area contributed by atoms with Crippen LogP contribution in [0, 0.1) is 5.41 Å². The van der Waals surface area contributed by atoms with Crippen molar-refractivity contribution in [2.45, 2.75) is 32.2 Å². The van der Waals surface area contributed by atoms with Crippen molar-refractivity contribution in [3.05, 3.63) is 29.6 Å². The fraction of sp³-hybridized carbons (Fsp3) is 0.571. The van der Waals surface area contributed by atoms with Crippen LogP contribution >= 0.6 is 0 Å². The van der Waals surface area contributed by atoms with Crippen LogP contribution in [0.4, 0.5) is 0 Å². The van der Waals surface area contributed by atoms with Crippen LogP contribution in [0.2, 0.25) is 0 Å². The summed E-state index contributed by atoms with van der Waals surface area (Å²) >= 11 is 0. The topological polar surface area (TPSA) is 82.5 Å². The van der Waals surface area contributed by atoms with Gasteiger partial charge in [0.15, 0.2) is 0 Å². The lowest BCUT2D eigenvalue weighted by Gasteiger charge is -2.26. The van der Waals surface area contributed by atoms with E-state index < -0.39 is 5.97 Å². The number of rotatable bonds is 6. The molecule has 1 saturated carbocycles. The molecule has 0 saturated heterocycles. The molecule has 0 bridgehead atoms. The average molecular weight is 264 g/mol. The van der Waals surface area contributed by atoms with Crippen molar-refractivity contribution < 1.29 is 15.0 Å². The third kappa shape index (κ3) is 3.52. The summed E-state index contributed by atoms with van der Waals surface area (Å²) in [6.45, 7) is 1.61. The SMILES string of the molecule is O=C(O)c1ccc(CNCC2(CO)CCCC2)nc1. The summed E-state index contributed by atoms with van der Waals surface area (Å²) in [6, 6.07) is 3.28. The predicted octanol–water partition coefficient (Wildman–Crippen LogP) is 1.42. The van der Waals surface area contributed by atoms with Gasteiger partial charge in [0.1, 0.15) is 0 Å². The lowest BCUT2D eigenvalue weighted by atomic mass is 9.87. The van der Waals surface area contributed by atoms with Crippen LogP contribution in [-0.4, -0.2) is 34.3 Å². The molecule has 3 N–H and O–H groups in total. The van der Waals surface area contributed by atoms with E-state index >= 15 is 0 Å². The van der Waals surface area contributed by atoms with E-state index in [1.165, 1.54) is 19.0 Å². The van der Waals surface area contributed by atoms with Gasteiger partial charge in [0.2, 0.25) is 0 Å². The van der Waals surface area contributed by atoms with Crippen molar-refractivity contribution in [3.63, 3.8) is 0 Å². The zero-order valence-electron chi connectivity index (χ0n) is 10.9. The van der Waals surface area contributed by atoms with Crippen molar-refractivity contribution in [1.82, 2.24) is 10.3 Å². The van der Waals surface area contributed by atoms with Crippen LogP contribution in [0.15, 0.2) is 18.3 Å². The molecule has 19 heavy (non-hydrogen) atoms. The number of aliphatic hydroxyl groups excluding tert-OH is 1. The van der Waals surface area contributed by atoms with Gasteiger partial charge in [-0.3, -0.25) is 4.98 Å². The van der Waals surface area contributed by atoms with Crippen LogP contribution < -0.4 is 5.32 Å². The predicted molar refractivity (Wildman–Crippen MR) is 70.9 cm³/mol. The van der Waals surface area contributed by atoms with Gasteiger partial charge in [-0.2, -0.15) is 0 Å². The van der Waals surface area contributed by atoms with Crippen LogP contribution in [-0.2, 0) is 6.54 Å². The Morgan fingerprint density at radius 2 is 2.11 bits per heavy atom. The van der Waals surface area contributed by atoms with E-state index in [2.05, 4.69) is 10.3 Å². The average Bonchev–Trinajstić information content (AvgIpc) is 2.89. The number of aromatic carboxylic acids is 1. The summed E-state index contributed by atoms with van der Waals surface area (Å²) in [7, 11) is 0. The van der Waals surface area contributed by atoms with Gasteiger partial charge in [0, 0.05) is 31.3 Å². The van der Waals surface area contributed by atoms with E-state index in [0.29, 0.717) is 6.54 Å². The van der Waals surface area contributed by atoms with Crippen LogP contribution in [0.3, 0.4) is 0 Å². The summed E-state index contributed by atoms with van der Waals surface area (Å²) in [5.74, 6) is -0.961. The van der Waals surface area contributed by atoms with Crippen molar-refractivity contribution in [2.24, 2.45) is 5.41 Å². The number of carboxylic acid groups (broad SMARTS) is 1. The molecule has 1 aliphatic carbocycles. The molecule has 0 amide bonds. The maximum atomic E-state index is 10.7. The molecule has 1 fully saturated rings. The Hall–Kier alpha value is -1.46. The highest BCUT2D eigenvalue weighted by molar-refractivity contribution is 5.87. The monoisotopic (exact) mass is 264 g/mol. The number of carbonyl (C=O) groups is 1. The molecule has 1 heterocycles. The molecule has 0 aromatic carbocycles. The van der Waals surface area contributed by atoms with E-state index in [1.807, 2.05) is 0 Å². The number of pyridine rings is 1. The number of hydrogen-bond acceptors (Lipinski definition) is 4. The first-order chi connectivity index (χ1) is 9.15. The first kappa shape index (κ1) is 14.0. The van der Waals surface area contributed by atoms with Crippen LogP contribution in [0.25, 0.3) is 0 Å². The molecule has 1 aromatic rings. The Bertz CT molecular complexity index is 425. The number of aliphatic hydroxyl groups is 1. The molecular weight excluding hydrogens is 244 g/mol. The second-order valence-corrected chi connectivity index (χ2v) is 5.31. The van der Waals surface area contributed by atoms with Crippen molar-refractivity contribution in [1.29, 1.82) is 0 Å². The second-order valence-electron chi connectivity index (χ2n) is 5.31. The third-order valence-electron chi connectivity index (χ3n) is 3.88. The largest absolute Gasteiger partial charge is 0.478 e. The van der Waals surface area contributed by atoms with Gasteiger partial charge < -0.3 is 15.5 Å². The fourth-order valence-corrected chi connectivity index (χ4v) is 2.63. The molecule has 1 aromatic heterocycles. The number of nitrogens with zero attached hydrogens (tertiary/aromatic N) is 1. The molecule has 0 spiro atoms. The third-order valence-corrected chi connectivity index (χ3v) is 3.88. The lowest BCUT2D eigenvalue weighted by molar-refractivity contribution is 0.0696. The van der Waals surface area contributed by atoms with E-state index in [-0.39, 0.29) is 17.6 Å². The summed E-state index contributed by atoms with van der Waals surface area (Å²) in [6.07, 6.45) is 5.89. The number of aromatic nitrogens is 1. The van der Waals surface area contributed by atoms with Gasteiger partial charge in [-0.1, -0.05) is 12.8 Å². The molecule has 0 unspecified atom stereocenters. The molecule has 2 rings (SSSR count). The maximum absolute atomic E-state index is 10.7. The lowest BCUT2D eigenvalue weighted by Crippen LogP contribution is -2.35. The Morgan fingerprint density at radius 3 is 2.63 bits per heavy atom. The molecule has 0 atom stereocenters. The molecule has 104 valence electrons. The minimum atomic E-state index is -0.961. The summed E-state index contributed by atoms with van der Waals surface area (Å²) < 4.78 is 0. The van der Waals surface area contributed by atoms with E-state index in [0.717, 1.165) is 25.1 Å². The van der Waals surface area contributed by atoms with Crippen molar-refractivity contribution in [2.75, 3.05) is 13.2 Å². The highest BCUT2D eigenvalue weighted by Crippen LogP contribution is 2.36. The normalized spacial score (nSPS) is 17.5. The second kappa shape index (κ2) is 6.12. The Morgan fingerprint density at radius 1 is 1.37 bits per heavy atom. The van der Waals surface area contributed by atoms with Gasteiger partial charge >= 0.3 is 5.97 Å². The van der Waals surface area contributed by atoms with Crippen LogP contribution in [0.5, 0.6) is 0 Å². The van der Waals surface area contributed by atoms with Gasteiger partial charge in [-0.05, 0) is 25.0 Å². The molecule has 1 aliphatic rings. The smallest absolute Gasteiger partial charge is 0.337 e. The van der Waals surface area contributed by atoms with Crippen LogP contribution in [0.1, 0.15) is 41.7 Å². The number of carboxylic acids is 1. The summed E-state index contributed by atoms with van der Waals surface area (Å²) in [4.78, 5) is 14.8. The first-order valence-electron chi connectivity index (χ1n) is 6.65. The zero-order valence-corrected chi connectivity index (χ0v) is 10.9. The van der Waals surface area contributed by atoms with Crippen molar-refractivity contribution >= 4 is 5.97 Å². The highest BCUT2D eigenvalue weighted by Gasteiger charge is 2.32. The summed E-state index contributed by atoms with van der Waals surface area (Å²) in [5, 5.41) is 21.6. The zero-order chi connectivity index (χ0) is 13.7. The first-order valence-corrected chi connectivity index (χ1v) is 6.65. The van der Waals surface area contributed by atoms with Gasteiger partial charge in [0.05, 0.1) is 11.3 Å². The summed E-state index contributed by atoms with van der Waals surface area (Å²) in [5.41, 5.74) is 1.04. The minimum absolute atomic E-state index is 0.0288. The highest BCUT2D eigenvalue weighted by atomic mass is 16.4. The molecule has 5 heteroatoms. The molecule has 0 aliphatic heterocycles. The number of hydrogen-bond donors (Lipinski definition) is 3. The fourth-order valence-electron chi connectivity index (χ4n) is 2.63. The standard InChI is InChI=1S/C14H20N2O3/c17-10-14(5-1-2-6-14)9-15-8-12-4-3-11(7-16-12)13(18)19/h3-4,7,15,17H,1-2,5-6,8-10H2,(H,18,19). The maximum Gasteiger partial charge on any atom is 0.337 e. The van der Waals surface area contributed by atoms with Gasteiger partial charge in [-0.25, -0.2) is 4.79 Å². The minimum Gasteiger partial charge on any atom is -0.478 e. The van der Waals surface area contributed by atoms with Gasteiger partial charge in [0.25, 0.3) is 0 Å². The molecular formula is C14H20N2O3. The van der Waals surface area contributed by atoms with E-state index in [9.17, 15) is 9.90 Å². The molecule has 5 nitrogen and oxygen atoms in total. The quantitative estimate of drug-likeness (QED) is 0.724. The van der Waals surface area contributed by atoms with Crippen molar-refractivity contribution in [3.8, 4) is 0 Å². The number of nitrogens with one attached hydrogen (secondary N) is 1. The van der Waals surface area contributed by atoms with E-state index in [4.69, 9.17) is 5.11 Å². The Kier molecular flexibility index (Phi) is 4.50. The van der Waals surface area contributed by atoms with E-state index in [1.54, 1.807) is 12.1 Å². The Balaban J connectivity index is 1.83.